The van der Waals surface area contributed by atoms with Gasteiger partial charge in [-0.2, -0.15) is 5.10 Å². The van der Waals surface area contributed by atoms with E-state index in [0.29, 0.717) is 13.1 Å². The summed E-state index contributed by atoms with van der Waals surface area (Å²) in [6, 6.07) is 7.84. The van der Waals surface area contributed by atoms with Gasteiger partial charge >= 0.3 is 6.09 Å². The summed E-state index contributed by atoms with van der Waals surface area (Å²) in [5, 5.41) is 4.13. The molecule has 162 valence electrons. The lowest BCUT2D eigenvalue weighted by Crippen LogP contribution is -2.47. The molecule has 1 aliphatic heterocycles. The molecular weight excluding hydrogens is 382 g/mol. The summed E-state index contributed by atoms with van der Waals surface area (Å²) in [4.78, 5) is 32.9. The molecule has 8 heteroatoms. The molecule has 2 aromatic rings. The number of ether oxygens (including phenoxy) is 1. The molecule has 2 amide bonds. The molecule has 0 aliphatic carbocycles. The van der Waals surface area contributed by atoms with Crippen LogP contribution in [-0.2, 0) is 9.53 Å². The normalized spacial score (nSPS) is 18.0. The zero-order chi connectivity index (χ0) is 21.9. The maximum atomic E-state index is 13.1. The number of amides is 2. The van der Waals surface area contributed by atoms with Crippen LogP contribution >= 0.6 is 0 Å². The van der Waals surface area contributed by atoms with Crippen LogP contribution in [0.4, 0.5) is 4.79 Å². The number of hydrogen-bond donors (Lipinski definition) is 0. The molecule has 0 saturated carbocycles. The zero-order valence-corrected chi connectivity index (χ0v) is 18.4. The third kappa shape index (κ3) is 5.17. The first-order valence-electron chi connectivity index (χ1n) is 10.4. The van der Waals surface area contributed by atoms with Gasteiger partial charge in [0.15, 0.2) is 0 Å². The van der Waals surface area contributed by atoms with Gasteiger partial charge in [0.25, 0.3) is 0 Å². The summed E-state index contributed by atoms with van der Waals surface area (Å²) in [5.74, 6) is -0.163. The standard InChI is InChI=1S/C22H31N5O3/c1-16(17-8-10-19(11-9-17)27-15-23-14-24-27)25(5)20(28)18-7-6-12-26(13-18)21(29)30-22(2,3)4/h8-11,14-16,18H,6-7,12-13H2,1-5H3. The minimum atomic E-state index is -0.544. The number of carbonyl (C=O) groups is 2. The first kappa shape index (κ1) is 21.8. The van der Waals surface area contributed by atoms with Crippen LogP contribution < -0.4 is 0 Å². The van der Waals surface area contributed by atoms with E-state index in [9.17, 15) is 9.59 Å². The smallest absolute Gasteiger partial charge is 0.410 e. The van der Waals surface area contributed by atoms with Gasteiger partial charge in [0.1, 0.15) is 18.3 Å². The van der Waals surface area contributed by atoms with Gasteiger partial charge in [-0.05, 0) is 58.2 Å². The van der Waals surface area contributed by atoms with E-state index in [2.05, 4.69) is 10.1 Å². The van der Waals surface area contributed by atoms with Crippen molar-refractivity contribution in [3.05, 3.63) is 42.5 Å². The Bertz CT molecular complexity index is 858. The van der Waals surface area contributed by atoms with Crippen molar-refractivity contribution in [2.75, 3.05) is 20.1 Å². The first-order chi connectivity index (χ1) is 14.2. The van der Waals surface area contributed by atoms with E-state index in [1.165, 1.54) is 6.33 Å². The fourth-order valence-corrected chi connectivity index (χ4v) is 3.62. The molecule has 0 radical (unpaired) electrons. The van der Waals surface area contributed by atoms with Crippen LogP contribution in [0.15, 0.2) is 36.9 Å². The number of hydrogen-bond acceptors (Lipinski definition) is 5. The van der Waals surface area contributed by atoms with Gasteiger partial charge in [0.05, 0.1) is 17.6 Å². The number of aromatic nitrogens is 3. The highest BCUT2D eigenvalue weighted by Gasteiger charge is 2.33. The average Bonchev–Trinajstić information content (AvgIpc) is 3.26. The molecule has 0 spiro atoms. The highest BCUT2D eigenvalue weighted by atomic mass is 16.6. The molecule has 30 heavy (non-hydrogen) atoms. The van der Waals surface area contributed by atoms with Crippen molar-refractivity contribution in [2.45, 2.75) is 52.2 Å². The summed E-state index contributed by atoms with van der Waals surface area (Å²) in [6.45, 7) is 8.58. The second-order valence-corrected chi connectivity index (χ2v) is 8.82. The van der Waals surface area contributed by atoms with Gasteiger partial charge in [0.2, 0.25) is 5.91 Å². The molecule has 0 N–H and O–H groups in total. The van der Waals surface area contributed by atoms with Crippen molar-refractivity contribution < 1.29 is 14.3 Å². The van der Waals surface area contributed by atoms with Crippen molar-refractivity contribution in [2.24, 2.45) is 5.92 Å². The van der Waals surface area contributed by atoms with E-state index >= 15 is 0 Å². The Balaban J connectivity index is 1.63. The van der Waals surface area contributed by atoms with Crippen LogP contribution in [0.1, 0.15) is 52.1 Å². The predicted molar refractivity (Wildman–Crippen MR) is 113 cm³/mol. The second kappa shape index (κ2) is 8.85. The topological polar surface area (TPSA) is 80.6 Å². The number of rotatable bonds is 4. The Labute approximate surface area is 177 Å². The number of likely N-dealkylation sites (tertiary alicyclic amines) is 1. The molecule has 1 aromatic heterocycles. The van der Waals surface area contributed by atoms with E-state index in [1.54, 1.807) is 20.8 Å². The van der Waals surface area contributed by atoms with Gasteiger partial charge in [-0.25, -0.2) is 14.5 Å². The quantitative estimate of drug-likeness (QED) is 0.767. The molecule has 2 unspecified atom stereocenters. The third-order valence-electron chi connectivity index (χ3n) is 5.41. The Morgan fingerprint density at radius 3 is 2.53 bits per heavy atom. The van der Waals surface area contributed by atoms with Crippen LogP contribution in [0.2, 0.25) is 0 Å². The number of benzene rings is 1. The van der Waals surface area contributed by atoms with E-state index in [-0.39, 0.29) is 24.0 Å². The molecule has 3 rings (SSSR count). The molecule has 0 bridgehead atoms. The van der Waals surface area contributed by atoms with Crippen LogP contribution in [-0.4, -0.2) is 62.3 Å². The SMILES string of the molecule is CC(c1ccc(-n2cncn2)cc1)N(C)C(=O)C1CCCN(C(=O)OC(C)(C)C)C1. The molecule has 8 nitrogen and oxygen atoms in total. The molecule has 2 atom stereocenters. The van der Waals surface area contributed by atoms with Crippen LogP contribution in [0.5, 0.6) is 0 Å². The van der Waals surface area contributed by atoms with Crippen LogP contribution in [0.3, 0.4) is 0 Å². The van der Waals surface area contributed by atoms with E-state index in [1.807, 2.05) is 59.0 Å². The molecule has 2 heterocycles. The number of carbonyl (C=O) groups excluding carboxylic acids is 2. The fourth-order valence-electron chi connectivity index (χ4n) is 3.62. The van der Waals surface area contributed by atoms with E-state index < -0.39 is 5.60 Å². The average molecular weight is 414 g/mol. The monoisotopic (exact) mass is 413 g/mol. The fraction of sp³-hybridized carbons (Fsp3) is 0.545. The Morgan fingerprint density at radius 1 is 1.23 bits per heavy atom. The van der Waals surface area contributed by atoms with E-state index in [0.717, 1.165) is 24.1 Å². The largest absolute Gasteiger partial charge is 0.444 e. The summed E-state index contributed by atoms with van der Waals surface area (Å²) in [7, 11) is 1.82. The second-order valence-electron chi connectivity index (χ2n) is 8.82. The van der Waals surface area contributed by atoms with Crippen LogP contribution in [0, 0.1) is 5.92 Å². The minimum absolute atomic E-state index is 0.0520. The predicted octanol–water partition coefficient (Wildman–Crippen LogP) is 3.43. The Kier molecular flexibility index (Phi) is 6.43. The van der Waals surface area contributed by atoms with Crippen molar-refractivity contribution >= 4 is 12.0 Å². The zero-order valence-electron chi connectivity index (χ0n) is 18.4. The number of nitrogens with zero attached hydrogens (tertiary/aromatic N) is 5. The minimum Gasteiger partial charge on any atom is -0.444 e. The summed E-state index contributed by atoms with van der Waals surface area (Å²) >= 11 is 0. The Morgan fingerprint density at radius 2 is 1.93 bits per heavy atom. The van der Waals surface area contributed by atoms with Crippen LogP contribution in [0.25, 0.3) is 5.69 Å². The maximum Gasteiger partial charge on any atom is 0.410 e. The molecular formula is C22H31N5O3. The molecule has 1 fully saturated rings. The van der Waals surface area contributed by atoms with E-state index in [4.69, 9.17) is 4.74 Å². The lowest BCUT2D eigenvalue weighted by atomic mass is 9.95. The third-order valence-corrected chi connectivity index (χ3v) is 5.41. The number of piperidine rings is 1. The highest BCUT2D eigenvalue weighted by molar-refractivity contribution is 5.80. The van der Waals surface area contributed by atoms with Gasteiger partial charge in [0, 0.05) is 20.1 Å². The van der Waals surface area contributed by atoms with Crippen molar-refractivity contribution in [1.82, 2.24) is 24.6 Å². The molecule has 1 aliphatic rings. The summed E-state index contributed by atoms with van der Waals surface area (Å²) in [5.41, 5.74) is 1.41. The van der Waals surface area contributed by atoms with Gasteiger partial charge in [-0.1, -0.05) is 12.1 Å². The van der Waals surface area contributed by atoms with Crippen molar-refractivity contribution in [3.63, 3.8) is 0 Å². The Hall–Kier alpha value is -2.90. The summed E-state index contributed by atoms with van der Waals surface area (Å²) in [6.07, 6.45) is 4.37. The van der Waals surface area contributed by atoms with Crippen molar-refractivity contribution in [3.8, 4) is 5.69 Å². The summed E-state index contributed by atoms with van der Waals surface area (Å²) < 4.78 is 7.17. The van der Waals surface area contributed by atoms with Gasteiger partial charge in [-0.15, -0.1) is 0 Å². The maximum absolute atomic E-state index is 13.1. The highest BCUT2D eigenvalue weighted by Crippen LogP contribution is 2.26. The van der Waals surface area contributed by atoms with Gasteiger partial charge < -0.3 is 14.5 Å². The first-order valence-corrected chi connectivity index (χ1v) is 10.4. The van der Waals surface area contributed by atoms with Crippen molar-refractivity contribution in [1.29, 1.82) is 0 Å². The lowest BCUT2D eigenvalue weighted by molar-refractivity contribution is -0.137. The van der Waals surface area contributed by atoms with Gasteiger partial charge in [-0.3, -0.25) is 4.79 Å². The molecule has 1 saturated heterocycles. The molecule has 1 aromatic carbocycles. The lowest BCUT2D eigenvalue weighted by Gasteiger charge is -2.36.